The predicted octanol–water partition coefficient (Wildman–Crippen LogP) is 8.08. The van der Waals surface area contributed by atoms with Gasteiger partial charge in [0, 0.05) is 0 Å². The van der Waals surface area contributed by atoms with Crippen molar-refractivity contribution in [3.63, 3.8) is 0 Å². The van der Waals surface area contributed by atoms with Crippen LogP contribution in [-0.2, 0) is 67.2 Å². The summed E-state index contributed by atoms with van der Waals surface area (Å²) in [6.45, 7) is 4.16. The third-order valence-electron chi connectivity index (χ3n) is 11.8. The van der Waals surface area contributed by atoms with Crippen LogP contribution in [0.15, 0.2) is 195 Å². The second kappa shape index (κ2) is 25.8. The van der Waals surface area contributed by atoms with Gasteiger partial charge in [0.2, 0.25) is 0 Å². The molecular weight excluding hydrogens is 909 g/mol. The Hall–Kier alpha value is -6.85. The first-order valence-corrected chi connectivity index (χ1v) is 23.4. The van der Waals surface area contributed by atoms with Crippen LogP contribution in [0.5, 0.6) is 0 Å². The van der Waals surface area contributed by atoms with Crippen molar-refractivity contribution in [1.82, 2.24) is 0 Å². The maximum Gasteiger partial charge on any atom is 0.338 e. The van der Waals surface area contributed by atoms with E-state index in [4.69, 9.17) is 47.4 Å². The number of aliphatic hydroxyl groups is 1. The number of aliphatic hydroxyl groups excluding tert-OH is 1. The van der Waals surface area contributed by atoms with Crippen LogP contribution in [0.4, 0.5) is 0 Å². The molecule has 1 N–H and O–H groups in total. The van der Waals surface area contributed by atoms with E-state index in [1.807, 2.05) is 91.0 Å². The Morgan fingerprint density at radius 2 is 0.845 bits per heavy atom. The lowest BCUT2D eigenvalue weighted by atomic mass is 9.97. The average molecular weight is 965 g/mol. The van der Waals surface area contributed by atoms with Crippen molar-refractivity contribution in [3.8, 4) is 0 Å². The highest BCUT2D eigenvalue weighted by Crippen LogP contribution is 2.34. The number of rotatable bonds is 22. The van der Waals surface area contributed by atoms with E-state index in [9.17, 15) is 19.5 Å². The van der Waals surface area contributed by atoms with Crippen LogP contribution in [0.3, 0.4) is 0 Å². The lowest BCUT2D eigenvalue weighted by Crippen LogP contribution is -2.64. The van der Waals surface area contributed by atoms with Gasteiger partial charge in [0.05, 0.1) is 56.3 Å². The topological polar surface area (TPSA) is 164 Å². The van der Waals surface area contributed by atoms with E-state index >= 15 is 0 Å². The van der Waals surface area contributed by atoms with Crippen LogP contribution < -0.4 is 0 Å². The molecule has 14 nitrogen and oxygen atoms in total. The zero-order valence-electron chi connectivity index (χ0n) is 38.9. The zero-order chi connectivity index (χ0) is 49.2. The summed E-state index contributed by atoms with van der Waals surface area (Å²) in [5, 5.41) is 11.8. The Bertz CT molecular complexity index is 2550. The van der Waals surface area contributed by atoms with Gasteiger partial charge in [-0.2, -0.15) is 0 Å². The predicted molar refractivity (Wildman–Crippen MR) is 259 cm³/mol. The molecule has 6 aromatic rings. The highest BCUT2D eigenvalue weighted by atomic mass is 16.7. The molecule has 0 radical (unpaired) electrons. The molecular formula is C57H56O14. The molecule has 14 heteroatoms. The van der Waals surface area contributed by atoms with Gasteiger partial charge in [-0.25, -0.2) is 14.4 Å². The molecule has 2 saturated heterocycles. The number of hydrogen-bond acceptors (Lipinski definition) is 14. The zero-order valence-corrected chi connectivity index (χ0v) is 38.9. The third-order valence-corrected chi connectivity index (χ3v) is 11.8. The Morgan fingerprint density at radius 3 is 1.32 bits per heavy atom. The van der Waals surface area contributed by atoms with Crippen molar-refractivity contribution < 1.29 is 66.9 Å². The maximum atomic E-state index is 14.0. The summed E-state index contributed by atoms with van der Waals surface area (Å²) >= 11 is 0. The summed E-state index contributed by atoms with van der Waals surface area (Å²) in [5.41, 5.74) is 3.21. The number of carbonyl (C=O) groups is 3. The molecule has 0 bridgehead atoms. The van der Waals surface area contributed by atoms with E-state index in [0.29, 0.717) is 0 Å². The third kappa shape index (κ3) is 13.9. The Labute approximate surface area is 412 Å². The molecule has 71 heavy (non-hydrogen) atoms. The quantitative estimate of drug-likeness (QED) is 0.0395. The molecule has 0 amide bonds. The number of hydrogen-bond donors (Lipinski definition) is 1. The van der Waals surface area contributed by atoms with Gasteiger partial charge in [-0.1, -0.05) is 152 Å². The van der Waals surface area contributed by atoms with Gasteiger partial charge in [0.1, 0.15) is 30.5 Å². The van der Waals surface area contributed by atoms with E-state index in [0.717, 1.165) is 16.7 Å². The summed E-state index contributed by atoms with van der Waals surface area (Å²) in [5.74, 6) is -2.53. The smallest absolute Gasteiger partial charge is 0.338 e. The van der Waals surface area contributed by atoms with Crippen LogP contribution in [0.1, 0.15) is 47.8 Å². The van der Waals surface area contributed by atoms with Gasteiger partial charge in [0.25, 0.3) is 0 Å². The summed E-state index contributed by atoms with van der Waals surface area (Å²) in [6, 6.07) is 53.3. The Morgan fingerprint density at radius 1 is 0.437 bits per heavy atom. The SMILES string of the molecule is C=CCO[C@H]1[C@H](OC[C@H]2O[C@H](O)[C@H](OC(=O)c3ccccc3)[C@@H](OC(=O)c3ccccc3)[C@@H]2OC(=O)c2ccccc2)O[C@H](COCc2ccccc2)[C@@H](OCc2ccccc2)[C@@H]1OCc1ccccc1. The fourth-order valence-corrected chi connectivity index (χ4v) is 8.21. The molecule has 0 saturated carbocycles. The largest absolute Gasteiger partial charge is 0.452 e. The van der Waals surface area contributed by atoms with Crippen LogP contribution in [0.25, 0.3) is 0 Å². The van der Waals surface area contributed by atoms with E-state index in [1.54, 1.807) is 72.8 Å². The second-order valence-corrected chi connectivity index (χ2v) is 16.8. The van der Waals surface area contributed by atoms with Gasteiger partial charge in [-0.05, 0) is 53.1 Å². The van der Waals surface area contributed by atoms with Crippen molar-refractivity contribution in [2.75, 3.05) is 19.8 Å². The molecule has 6 aromatic carbocycles. The van der Waals surface area contributed by atoms with Crippen molar-refractivity contribution in [1.29, 1.82) is 0 Å². The van der Waals surface area contributed by atoms with E-state index < -0.39 is 85.9 Å². The molecule has 368 valence electrons. The van der Waals surface area contributed by atoms with E-state index in [2.05, 4.69) is 6.58 Å². The lowest BCUT2D eigenvalue weighted by Gasteiger charge is -2.47. The Balaban J connectivity index is 1.13. The molecule has 2 heterocycles. The fourth-order valence-electron chi connectivity index (χ4n) is 8.21. The van der Waals surface area contributed by atoms with Crippen LogP contribution >= 0.6 is 0 Å². The van der Waals surface area contributed by atoms with Gasteiger partial charge in [-0.15, -0.1) is 6.58 Å². The van der Waals surface area contributed by atoms with Crippen molar-refractivity contribution in [2.45, 2.75) is 81.2 Å². The Kier molecular flexibility index (Phi) is 18.4. The monoisotopic (exact) mass is 964 g/mol. The van der Waals surface area contributed by atoms with Crippen molar-refractivity contribution in [3.05, 3.63) is 228 Å². The second-order valence-electron chi connectivity index (χ2n) is 16.8. The highest BCUT2D eigenvalue weighted by Gasteiger charge is 2.54. The summed E-state index contributed by atoms with van der Waals surface area (Å²) in [6.07, 6.45) is -11.3. The summed E-state index contributed by atoms with van der Waals surface area (Å²) in [4.78, 5) is 41.6. The number of carbonyl (C=O) groups excluding carboxylic acids is 3. The first-order valence-electron chi connectivity index (χ1n) is 23.4. The van der Waals surface area contributed by atoms with Gasteiger partial charge in [0.15, 0.2) is 30.9 Å². The van der Waals surface area contributed by atoms with Crippen LogP contribution in [-0.4, -0.2) is 104 Å². The molecule has 0 aliphatic carbocycles. The van der Waals surface area contributed by atoms with E-state index in [-0.39, 0.29) is 49.7 Å². The van der Waals surface area contributed by atoms with Crippen LogP contribution in [0, 0.1) is 0 Å². The normalized spacial score (nSPS) is 24.0. The van der Waals surface area contributed by atoms with Crippen LogP contribution in [0.2, 0.25) is 0 Å². The summed E-state index contributed by atoms with van der Waals surface area (Å²) < 4.78 is 64.1. The average Bonchev–Trinajstić information content (AvgIpc) is 3.42. The fraction of sp³-hybridized carbons (Fsp3) is 0.281. The molecule has 10 atom stereocenters. The molecule has 2 fully saturated rings. The molecule has 0 aromatic heterocycles. The number of esters is 3. The molecule has 2 aliphatic rings. The minimum Gasteiger partial charge on any atom is -0.452 e. The minimum atomic E-state index is -1.92. The lowest BCUT2D eigenvalue weighted by molar-refractivity contribution is -0.339. The van der Waals surface area contributed by atoms with Gasteiger partial charge < -0.3 is 52.5 Å². The summed E-state index contributed by atoms with van der Waals surface area (Å²) in [7, 11) is 0. The van der Waals surface area contributed by atoms with Crippen molar-refractivity contribution >= 4 is 17.9 Å². The van der Waals surface area contributed by atoms with Gasteiger partial charge in [-0.3, -0.25) is 0 Å². The number of benzene rings is 6. The van der Waals surface area contributed by atoms with Gasteiger partial charge >= 0.3 is 17.9 Å². The van der Waals surface area contributed by atoms with Crippen molar-refractivity contribution in [2.24, 2.45) is 0 Å². The molecule has 2 aliphatic heterocycles. The first-order chi connectivity index (χ1) is 34.8. The maximum absolute atomic E-state index is 14.0. The standard InChI is InChI=1S/C57H56O14/c1-2-33-63-52-49(65-36-41-25-13-5-14-26-41)47(64-35-40-23-11-4-12-24-40)45(37-62-34-39-21-9-3-10-22-39)68-57(52)66-38-46-48(69-53(58)42-27-15-6-16-28-42)50(70-54(59)43-29-17-7-18-30-43)51(56(61)67-46)71-55(60)44-31-19-8-20-32-44/h2-32,45-52,56-57,61H,1,33-38H2/t45-,46-,47-,48-,49+,50+,51-,52-,56+,57-/m1/s1. The molecule has 8 rings (SSSR count). The highest BCUT2D eigenvalue weighted by molar-refractivity contribution is 5.91. The molecule has 0 unspecified atom stereocenters. The number of ether oxygens (including phenoxy) is 10. The first kappa shape index (κ1) is 50.5. The molecule has 0 spiro atoms. The minimum absolute atomic E-state index is 0.0372. The van der Waals surface area contributed by atoms with E-state index in [1.165, 1.54) is 24.3 Å².